The van der Waals surface area contributed by atoms with Crippen LogP contribution in [0.5, 0.6) is 5.75 Å². The van der Waals surface area contributed by atoms with Crippen LogP contribution in [0.1, 0.15) is 64.7 Å². The lowest BCUT2D eigenvalue weighted by Gasteiger charge is -2.10. The van der Waals surface area contributed by atoms with Crippen LogP contribution in [0.2, 0.25) is 0 Å². The van der Waals surface area contributed by atoms with Crippen LogP contribution < -0.4 is 15.2 Å². The number of nitroso groups, excluding NO2 is 1. The first-order chi connectivity index (χ1) is 18.3. The Hall–Kier alpha value is -3.30. The highest BCUT2D eigenvalue weighted by Crippen LogP contribution is 2.14. The zero-order valence-corrected chi connectivity index (χ0v) is 25.4. The third-order valence-corrected chi connectivity index (χ3v) is 4.17. The van der Waals surface area contributed by atoms with Gasteiger partial charge in [-0.3, -0.25) is 9.59 Å². The monoisotopic (exact) mass is 597 g/mol. The molecule has 9 heteroatoms. The molecule has 1 unspecified atom stereocenters. The van der Waals surface area contributed by atoms with E-state index < -0.39 is 5.97 Å². The maximum absolute atomic E-state index is 12.3. The fourth-order valence-electron chi connectivity index (χ4n) is 2.23. The van der Waals surface area contributed by atoms with E-state index in [2.05, 4.69) is 34.4 Å². The van der Waals surface area contributed by atoms with E-state index in [9.17, 15) is 9.70 Å². The average molecular weight is 599 g/mol. The molecule has 38 heavy (non-hydrogen) atoms. The molecule has 0 aromatic heterocycles. The summed E-state index contributed by atoms with van der Waals surface area (Å²) in [5.74, 6) is -0.190. The van der Waals surface area contributed by atoms with E-state index >= 15 is 0 Å². The number of hydrogen-bond acceptors (Lipinski definition) is 5. The van der Waals surface area contributed by atoms with Crippen molar-refractivity contribution < 1.29 is 29.7 Å². The molecule has 1 rings (SSSR count). The summed E-state index contributed by atoms with van der Waals surface area (Å²) in [6.07, 6.45) is 10.1. The molecule has 1 amide bonds. The molecule has 4 N–H and O–H groups in total. The summed E-state index contributed by atoms with van der Waals surface area (Å²) >= 11 is 3.20. The third-order valence-electron chi connectivity index (χ3n) is 3.80. The van der Waals surface area contributed by atoms with Gasteiger partial charge in [0.2, 0.25) is 5.70 Å². The van der Waals surface area contributed by atoms with Crippen LogP contribution in [0.15, 0.2) is 84.2 Å². The number of allylic oxidation sites excluding steroid dienone is 5. The zero-order chi connectivity index (χ0) is 30.4. The van der Waals surface area contributed by atoms with Crippen LogP contribution >= 0.6 is 15.9 Å². The van der Waals surface area contributed by atoms with Gasteiger partial charge in [-0.1, -0.05) is 75.9 Å². The standard InChI is InChI=1S/C22H25BrN2O3.C2H4O2.2C2H6.CH4O/c1-4-19(8-6-7-14-23)24-22(26)18-9-11-21(12-10-18)28-15-13-17(3)16-20(5-2)25-27;1-2(3)4;3*1-2/h4-5,7-12,14,16-17H,1-2,6,13,15H2,3H3,(H,24,26);1H3,(H,3,4);2*1-2H3;2H,1H3/p+1/b14-7+,19-8?,20-16+;;;;. The number of benzene rings is 1. The second kappa shape index (κ2) is 31.7. The second-order valence-corrected chi connectivity index (χ2v) is 7.03. The summed E-state index contributed by atoms with van der Waals surface area (Å²) < 4.78 is 5.70. The SMILES string of the molecule is C=CC(=CC/C=C/Br)NC(=O)c1ccc(OCCC(C)/C=C(\C=C)[NH+]=O)cc1.CC.CC.CC(=O)O.CO. The molecule has 0 radical (unpaired) electrons. The van der Waals surface area contributed by atoms with Crippen molar-refractivity contribution in [3.8, 4) is 5.75 Å². The summed E-state index contributed by atoms with van der Waals surface area (Å²) in [4.78, 5) is 33.7. The minimum absolute atomic E-state index is 0.169. The summed E-state index contributed by atoms with van der Waals surface area (Å²) in [5, 5.41) is 19.1. The van der Waals surface area contributed by atoms with Crippen molar-refractivity contribution in [3.05, 3.63) is 94.7 Å². The van der Waals surface area contributed by atoms with Crippen molar-refractivity contribution in [2.24, 2.45) is 5.92 Å². The molecule has 8 nitrogen and oxygen atoms in total. The van der Waals surface area contributed by atoms with E-state index in [4.69, 9.17) is 19.7 Å². The lowest BCUT2D eigenvalue weighted by Crippen LogP contribution is -2.60. The first-order valence-electron chi connectivity index (χ1n) is 12.3. The second-order valence-electron chi connectivity index (χ2n) is 6.50. The Morgan fingerprint density at radius 2 is 1.63 bits per heavy atom. The third kappa shape index (κ3) is 25.8. The summed E-state index contributed by atoms with van der Waals surface area (Å²) in [6.45, 7) is 18.9. The largest absolute Gasteiger partial charge is 0.494 e. The Morgan fingerprint density at radius 1 is 1.11 bits per heavy atom. The Bertz CT molecular complexity index is 848. The lowest BCUT2D eigenvalue weighted by molar-refractivity contribution is -0.416. The molecule has 0 spiro atoms. The van der Waals surface area contributed by atoms with Crippen molar-refractivity contribution in [3.63, 3.8) is 0 Å². The van der Waals surface area contributed by atoms with Crippen LogP contribution in [0.25, 0.3) is 0 Å². The molecule has 0 aliphatic heterocycles. The van der Waals surface area contributed by atoms with E-state index in [0.29, 0.717) is 35.7 Å². The van der Waals surface area contributed by atoms with Crippen molar-refractivity contribution >= 4 is 27.8 Å². The van der Waals surface area contributed by atoms with Gasteiger partial charge in [0.1, 0.15) is 5.75 Å². The van der Waals surface area contributed by atoms with Crippen LogP contribution in [-0.2, 0) is 4.79 Å². The lowest BCUT2D eigenvalue weighted by atomic mass is 10.1. The van der Waals surface area contributed by atoms with Crippen molar-refractivity contribution in [1.82, 2.24) is 5.32 Å². The van der Waals surface area contributed by atoms with Crippen LogP contribution in [0.3, 0.4) is 0 Å². The zero-order valence-electron chi connectivity index (χ0n) is 23.8. The van der Waals surface area contributed by atoms with E-state index in [1.54, 1.807) is 35.3 Å². The molecular formula is C29H46BrN2O6+. The van der Waals surface area contributed by atoms with Crippen molar-refractivity contribution in [1.29, 1.82) is 0 Å². The molecule has 0 aliphatic rings. The van der Waals surface area contributed by atoms with Gasteiger partial charge in [0.25, 0.3) is 11.9 Å². The average Bonchev–Trinajstić information content (AvgIpc) is 2.94. The van der Waals surface area contributed by atoms with Gasteiger partial charge in [-0.15, -0.1) is 0 Å². The highest BCUT2D eigenvalue weighted by Gasteiger charge is 2.08. The smallest absolute Gasteiger partial charge is 0.300 e. The van der Waals surface area contributed by atoms with E-state index in [-0.39, 0.29) is 11.8 Å². The number of carboxylic acids is 1. The van der Waals surface area contributed by atoms with Gasteiger partial charge >= 0.3 is 0 Å². The molecule has 0 saturated carbocycles. The predicted molar refractivity (Wildman–Crippen MR) is 161 cm³/mol. The number of hydrogen-bond donors (Lipinski definition) is 4. The quantitative estimate of drug-likeness (QED) is 0.223. The Kier molecular flexibility index (Phi) is 34.9. The summed E-state index contributed by atoms with van der Waals surface area (Å²) in [6, 6.07) is 6.94. The number of carboxylic acid groups (broad SMARTS) is 1. The molecule has 0 bridgehead atoms. The van der Waals surface area contributed by atoms with Crippen LogP contribution in [-0.4, -0.2) is 35.8 Å². The van der Waals surface area contributed by atoms with Crippen molar-refractivity contribution in [2.45, 2.75) is 54.4 Å². The fraction of sp³-hybridized carbons (Fsp3) is 0.379. The minimum Gasteiger partial charge on any atom is -0.494 e. The first kappa shape index (κ1) is 41.8. The number of amides is 1. The van der Waals surface area contributed by atoms with Crippen LogP contribution in [0, 0.1) is 10.8 Å². The highest BCUT2D eigenvalue weighted by atomic mass is 79.9. The maximum Gasteiger partial charge on any atom is 0.300 e. The molecule has 214 valence electrons. The Balaban J connectivity index is -0.000000505. The predicted octanol–water partition coefficient (Wildman–Crippen LogP) is 5.86. The van der Waals surface area contributed by atoms with Gasteiger partial charge in [0, 0.05) is 41.5 Å². The minimum atomic E-state index is -0.833. The Labute approximate surface area is 237 Å². The number of carbonyl (C=O) groups excluding carboxylic acids is 1. The molecule has 0 heterocycles. The van der Waals surface area contributed by atoms with E-state index in [1.807, 2.05) is 58.0 Å². The normalized spacial score (nSPS) is 10.8. The summed E-state index contributed by atoms with van der Waals surface area (Å²) in [5.41, 5.74) is 1.65. The fourth-order valence-corrected chi connectivity index (χ4v) is 2.45. The van der Waals surface area contributed by atoms with Gasteiger partial charge in [-0.25, -0.2) is 0 Å². The first-order valence-corrected chi connectivity index (χ1v) is 13.2. The molecular weight excluding hydrogens is 552 g/mol. The van der Waals surface area contributed by atoms with E-state index in [1.165, 1.54) is 6.08 Å². The number of rotatable bonds is 12. The Morgan fingerprint density at radius 3 is 2.05 bits per heavy atom. The number of nitrogens with one attached hydrogen (secondary N) is 2. The molecule has 0 fully saturated rings. The number of aliphatic carboxylic acids is 1. The number of ether oxygens (including phenoxy) is 1. The van der Waals surface area contributed by atoms with Gasteiger partial charge in [0.05, 0.1) is 6.61 Å². The molecule has 1 aromatic carbocycles. The highest BCUT2D eigenvalue weighted by molar-refractivity contribution is 9.11. The molecule has 0 aliphatic carbocycles. The summed E-state index contributed by atoms with van der Waals surface area (Å²) in [7, 11) is 1.00. The van der Waals surface area contributed by atoms with Gasteiger partial charge < -0.3 is 20.3 Å². The van der Waals surface area contributed by atoms with Crippen LogP contribution in [0.4, 0.5) is 0 Å². The molecule has 1 atom stereocenters. The molecule has 0 saturated heterocycles. The van der Waals surface area contributed by atoms with Gasteiger partial charge in [-0.05, 0) is 60.2 Å². The van der Waals surface area contributed by atoms with E-state index in [0.717, 1.165) is 20.5 Å². The number of aliphatic hydroxyl groups excluding tert-OH is 1. The number of carbonyl (C=O) groups is 2. The van der Waals surface area contributed by atoms with Gasteiger partial charge in [0.15, 0.2) is 0 Å². The topological polar surface area (TPSA) is 127 Å². The molecule has 1 aromatic rings. The number of aliphatic hydroxyl groups is 1. The maximum atomic E-state index is 12.3. The number of halogens is 1. The van der Waals surface area contributed by atoms with Crippen molar-refractivity contribution in [2.75, 3.05) is 13.7 Å². The van der Waals surface area contributed by atoms with Gasteiger partial charge in [-0.2, -0.15) is 0 Å².